The second-order valence-corrected chi connectivity index (χ2v) is 7.07. The molecule has 118 valence electrons. The number of nitrogens with one attached hydrogen (secondary N) is 2. The number of sulfonamides is 1. The molecule has 0 aromatic heterocycles. The Morgan fingerprint density at radius 1 is 1.24 bits per heavy atom. The van der Waals surface area contributed by atoms with Crippen LogP contribution < -0.4 is 10.0 Å². The van der Waals surface area contributed by atoms with Gasteiger partial charge in [-0.1, -0.05) is 19.1 Å². The van der Waals surface area contributed by atoms with Crippen molar-refractivity contribution in [2.75, 3.05) is 31.6 Å². The molecular weight excluding hydrogens is 288 g/mol. The molecule has 1 aliphatic heterocycles. The van der Waals surface area contributed by atoms with Gasteiger partial charge in [-0.3, -0.25) is 0 Å². The maximum absolute atomic E-state index is 12.5. The first-order chi connectivity index (χ1) is 10.1. The van der Waals surface area contributed by atoms with Crippen molar-refractivity contribution in [3.63, 3.8) is 0 Å². The third kappa shape index (κ3) is 4.69. The minimum Gasteiger partial charge on any atom is -0.384 e. The zero-order chi connectivity index (χ0) is 15.1. The second kappa shape index (κ2) is 7.77. The Balaban J connectivity index is 2.04. The van der Waals surface area contributed by atoms with Crippen LogP contribution in [0.5, 0.6) is 0 Å². The van der Waals surface area contributed by atoms with Crippen LogP contribution in [-0.2, 0) is 14.8 Å². The summed E-state index contributed by atoms with van der Waals surface area (Å²) >= 11 is 0. The zero-order valence-corrected chi connectivity index (χ0v) is 13.3. The van der Waals surface area contributed by atoms with Gasteiger partial charge >= 0.3 is 0 Å². The number of benzene rings is 1. The average Bonchev–Trinajstić information content (AvgIpc) is 2.52. The molecule has 0 spiro atoms. The lowest BCUT2D eigenvalue weighted by Crippen LogP contribution is -2.32. The van der Waals surface area contributed by atoms with E-state index in [0.29, 0.717) is 23.0 Å². The van der Waals surface area contributed by atoms with Crippen LogP contribution in [0.25, 0.3) is 0 Å². The predicted molar refractivity (Wildman–Crippen MR) is 84.0 cm³/mol. The molecule has 0 radical (unpaired) electrons. The Morgan fingerprint density at radius 3 is 2.67 bits per heavy atom. The topological polar surface area (TPSA) is 67.4 Å². The summed E-state index contributed by atoms with van der Waals surface area (Å²) in [7, 11) is -3.47. The summed E-state index contributed by atoms with van der Waals surface area (Å²) < 4.78 is 33.0. The van der Waals surface area contributed by atoms with Crippen LogP contribution in [0, 0.1) is 5.92 Å². The van der Waals surface area contributed by atoms with Crippen molar-refractivity contribution < 1.29 is 13.2 Å². The number of anilines is 1. The van der Waals surface area contributed by atoms with Gasteiger partial charge in [0.15, 0.2) is 0 Å². The molecule has 1 aromatic carbocycles. The second-order valence-electron chi connectivity index (χ2n) is 5.33. The van der Waals surface area contributed by atoms with Gasteiger partial charge in [-0.05, 0) is 37.3 Å². The van der Waals surface area contributed by atoms with E-state index in [4.69, 9.17) is 4.74 Å². The Labute approximate surface area is 127 Å². The van der Waals surface area contributed by atoms with Crippen LogP contribution >= 0.6 is 0 Å². The Kier molecular flexibility index (Phi) is 6.02. The molecule has 2 rings (SSSR count). The van der Waals surface area contributed by atoms with E-state index in [0.717, 1.165) is 39.0 Å². The van der Waals surface area contributed by atoms with Crippen molar-refractivity contribution >= 4 is 15.7 Å². The first kappa shape index (κ1) is 16.3. The van der Waals surface area contributed by atoms with Crippen molar-refractivity contribution in [1.82, 2.24) is 4.72 Å². The molecule has 0 atom stereocenters. The number of rotatable bonds is 7. The largest absolute Gasteiger partial charge is 0.384 e. The third-order valence-corrected chi connectivity index (χ3v) is 5.13. The van der Waals surface area contributed by atoms with E-state index in [1.54, 1.807) is 18.2 Å². The minimum atomic E-state index is -3.47. The van der Waals surface area contributed by atoms with E-state index in [9.17, 15) is 8.42 Å². The van der Waals surface area contributed by atoms with Crippen LogP contribution in [-0.4, -0.2) is 34.7 Å². The fourth-order valence-electron chi connectivity index (χ4n) is 2.36. The SMILES string of the molecule is CCCNc1ccccc1S(=O)(=O)NCC1CCOCC1. The monoisotopic (exact) mass is 312 g/mol. The van der Waals surface area contributed by atoms with Gasteiger partial charge in [0.1, 0.15) is 4.90 Å². The lowest BCUT2D eigenvalue weighted by atomic mass is 10.0. The van der Waals surface area contributed by atoms with Crippen molar-refractivity contribution in [1.29, 1.82) is 0 Å². The highest BCUT2D eigenvalue weighted by Crippen LogP contribution is 2.21. The molecule has 1 fully saturated rings. The van der Waals surface area contributed by atoms with Crippen LogP contribution in [0.15, 0.2) is 29.2 Å². The maximum Gasteiger partial charge on any atom is 0.242 e. The molecule has 2 N–H and O–H groups in total. The Bertz CT molecular complexity index is 540. The quantitative estimate of drug-likeness (QED) is 0.810. The molecule has 1 heterocycles. The Morgan fingerprint density at radius 2 is 1.95 bits per heavy atom. The van der Waals surface area contributed by atoms with Crippen molar-refractivity contribution in [3.8, 4) is 0 Å². The molecule has 0 saturated carbocycles. The van der Waals surface area contributed by atoms with Crippen LogP contribution in [0.2, 0.25) is 0 Å². The van der Waals surface area contributed by atoms with Crippen molar-refractivity contribution in [3.05, 3.63) is 24.3 Å². The summed E-state index contributed by atoms with van der Waals surface area (Å²) in [6, 6.07) is 7.04. The summed E-state index contributed by atoms with van der Waals surface area (Å²) in [6.07, 6.45) is 2.78. The molecule has 21 heavy (non-hydrogen) atoms. The van der Waals surface area contributed by atoms with Crippen LogP contribution in [0.4, 0.5) is 5.69 Å². The molecule has 1 aliphatic rings. The number of hydrogen-bond acceptors (Lipinski definition) is 4. The normalized spacial score (nSPS) is 16.8. The summed E-state index contributed by atoms with van der Waals surface area (Å²) in [5, 5.41) is 3.17. The smallest absolute Gasteiger partial charge is 0.242 e. The standard InChI is InChI=1S/C15H24N2O3S/c1-2-9-16-14-5-3-4-6-15(14)21(18,19)17-12-13-7-10-20-11-8-13/h3-6,13,16-17H,2,7-12H2,1H3. The molecule has 1 saturated heterocycles. The summed E-state index contributed by atoms with van der Waals surface area (Å²) in [5.41, 5.74) is 0.666. The molecule has 5 nitrogen and oxygen atoms in total. The molecular formula is C15H24N2O3S. The maximum atomic E-state index is 12.5. The van der Waals surface area contributed by atoms with Gasteiger partial charge in [0.05, 0.1) is 5.69 Å². The summed E-state index contributed by atoms with van der Waals surface area (Å²) in [6.45, 7) is 4.73. The van der Waals surface area contributed by atoms with Crippen LogP contribution in [0.3, 0.4) is 0 Å². The van der Waals surface area contributed by atoms with Gasteiger partial charge in [0.2, 0.25) is 10.0 Å². The number of para-hydroxylation sites is 1. The molecule has 0 aliphatic carbocycles. The Hall–Kier alpha value is -1.11. The van der Waals surface area contributed by atoms with E-state index in [2.05, 4.69) is 10.0 Å². The highest BCUT2D eigenvalue weighted by atomic mass is 32.2. The number of ether oxygens (including phenoxy) is 1. The van der Waals surface area contributed by atoms with Gasteiger partial charge in [-0.2, -0.15) is 0 Å². The lowest BCUT2D eigenvalue weighted by molar-refractivity contribution is 0.0678. The highest BCUT2D eigenvalue weighted by molar-refractivity contribution is 7.89. The third-order valence-electron chi connectivity index (χ3n) is 3.64. The van der Waals surface area contributed by atoms with Gasteiger partial charge in [0.25, 0.3) is 0 Å². The van der Waals surface area contributed by atoms with Gasteiger partial charge in [0, 0.05) is 26.3 Å². The van der Waals surface area contributed by atoms with E-state index < -0.39 is 10.0 Å². The summed E-state index contributed by atoms with van der Waals surface area (Å²) in [4.78, 5) is 0.325. The zero-order valence-electron chi connectivity index (χ0n) is 12.5. The van der Waals surface area contributed by atoms with E-state index in [1.165, 1.54) is 0 Å². The lowest BCUT2D eigenvalue weighted by Gasteiger charge is -2.22. The predicted octanol–water partition coefficient (Wildman–Crippen LogP) is 2.21. The van der Waals surface area contributed by atoms with Crippen LogP contribution in [0.1, 0.15) is 26.2 Å². The minimum absolute atomic E-state index is 0.325. The fraction of sp³-hybridized carbons (Fsp3) is 0.600. The molecule has 0 amide bonds. The fourth-order valence-corrected chi connectivity index (χ4v) is 3.66. The van der Waals surface area contributed by atoms with Gasteiger partial charge in [-0.25, -0.2) is 13.1 Å². The molecule has 0 bridgehead atoms. The first-order valence-electron chi connectivity index (χ1n) is 7.54. The van der Waals surface area contributed by atoms with E-state index in [1.807, 2.05) is 13.0 Å². The average molecular weight is 312 g/mol. The highest BCUT2D eigenvalue weighted by Gasteiger charge is 2.21. The molecule has 1 aromatic rings. The van der Waals surface area contributed by atoms with E-state index in [-0.39, 0.29) is 0 Å². The number of hydrogen-bond donors (Lipinski definition) is 2. The van der Waals surface area contributed by atoms with Crippen molar-refractivity contribution in [2.45, 2.75) is 31.1 Å². The summed E-state index contributed by atoms with van der Waals surface area (Å²) in [5.74, 6) is 0.365. The molecule has 0 unspecified atom stereocenters. The molecule has 6 heteroatoms. The first-order valence-corrected chi connectivity index (χ1v) is 9.02. The van der Waals surface area contributed by atoms with Gasteiger partial charge < -0.3 is 10.1 Å². The van der Waals surface area contributed by atoms with E-state index >= 15 is 0 Å². The van der Waals surface area contributed by atoms with Crippen molar-refractivity contribution in [2.24, 2.45) is 5.92 Å². The van der Waals surface area contributed by atoms with Gasteiger partial charge in [-0.15, -0.1) is 0 Å².